The largest absolute Gasteiger partial charge is 0.497 e. The Morgan fingerprint density at radius 2 is 2.00 bits per heavy atom. The van der Waals surface area contributed by atoms with Crippen molar-refractivity contribution in [3.8, 4) is 5.75 Å². The molecule has 3 nitrogen and oxygen atoms in total. The molecule has 1 aliphatic carbocycles. The first-order valence-corrected chi connectivity index (χ1v) is 8.79. The average molecular weight is 340 g/mol. The van der Waals surface area contributed by atoms with Crippen LogP contribution in [0.15, 0.2) is 36.4 Å². The predicted molar refractivity (Wildman–Crippen MR) is 104 cm³/mol. The van der Waals surface area contributed by atoms with Crippen molar-refractivity contribution in [1.82, 2.24) is 5.32 Å². The van der Waals surface area contributed by atoms with Gasteiger partial charge < -0.3 is 15.4 Å². The van der Waals surface area contributed by atoms with Crippen molar-refractivity contribution >= 4 is 23.0 Å². The van der Waals surface area contributed by atoms with E-state index in [4.69, 9.17) is 17.0 Å². The molecule has 0 spiro atoms. The van der Waals surface area contributed by atoms with Crippen molar-refractivity contribution in [3.05, 3.63) is 58.7 Å². The van der Waals surface area contributed by atoms with E-state index in [-0.39, 0.29) is 6.04 Å². The van der Waals surface area contributed by atoms with Crippen molar-refractivity contribution < 1.29 is 4.74 Å². The Hall–Kier alpha value is -2.07. The fourth-order valence-electron chi connectivity index (χ4n) is 3.25. The summed E-state index contributed by atoms with van der Waals surface area (Å²) in [6.45, 7) is 4.18. The van der Waals surface area contributed by atoms with Gasteiger partial charge >= 0.3 is 0 Å². The van der Waals surface area contributed by atoms with Crippen molar-refractivity contribution in [2.45, 2.75) is 39.2 Å². The second-order valence-corrected chi connectivity index (χ2v) is 6.83. The van der Waals surface area contributed by atoms with Crippen LogP contribution in [0.2, 0.25) is 0 Å². The molecule has 0 saturated carbocycles. The average Bonchev–Trinajstić information content (AvgIpc) is 2.58. The smallest absolute Gasteiger partial charge is 0.171 e. The number of rotatable bonds is 3. The van der Waals surface area contributed by atoms with E-state index in [0.29, 0.717) is 5.11 Å². The molecular weight excluding hydrogens is 316 g/mol. The zero-order valence-corrected chi connectivity index (χ0v) is 15.3. The van der Waals surface area contributed by atoms with Gasteiger partial charge in [-0.3, -0.25) is 0 Å². The zero-order valence-electron chi connectivity index (χ0n) is 14.5. The highest BCUT2D eigenvalue weighted by molar-refractivity contribution is 7.80. The summed E-state index contributed by atoms with van der Waals surface area (Å²) in [7, 11) is 1.71. The van der Waals surface area contributed by atoms with Gasteiger partial charge in [0.1, 0.15) is 5.75 Å². The molecule has 2 N–H and O–H groups in total. The third-order valence-corrected chi connectivity index (χ3v) is 4.83. The highest BCUT2D eigenvalue weighted by atomic mass is 32.1. The minimum Gasteiger partial charge on any atom is -0.497 e. The van der Waals surface area contributed by atoms with E-state index in [0.717, 1.165) is 30.7 Å². The first-order chi connectivity index (χ1) is 11.6. The summed E-state index contributed by atoms with van der Waals surface area (Å²) in [5.74, 6) is 0.922. The van der Waals surface area contributed by atoms with Gasteiger partial charge in [-0.15, -0.1) is 0 Å². The Kier molecular flexibility index (Phi) is 5.05. The van der Waals surface area contributed by atoms with Gasteiger partial charge in [-0.25, -0.2) is 0 Å². The van der Waals surface area contributed by atoms with Crippen molar-refractivity contribution in [1.29, 1.82) is 0 Å². The number of anilines is 1. The van der Waals surface area contributed by atoms with Crippen LogP contribution in [0.25, 0.3) is 0 Å². The van der Waals surface area contributed by atoms with E-state index < -0.39 is 0 Å². The van der Waals surface area contributed by atoms with E-state index >= 15 is 0 Å². The maximum atomic E-state index is 5.55. The molecule has 126 valence electrons. The molecule has 1 atom stereocenters. The first-order valence-electron chi connectivity index (χ1n) is 8.38. The summed E-state index contributed by atoms with van der Waals surface area (Å²) in [6.07, 6.45) is 3.35. The van der Waals surface area contributed by atoms with Gasteiger partial charge in [0.2, 0.25) is 0 Å². The zero-order chi connectivity index (χ0) is 17.1. The topological polar surface area (TPSA) is 33.3 Å². The third-order valence-electron chi connectivity index (χ3n) is 4.61. The second kappa shape index (κ2) is 7.22. The van der Waals surface area contributed by atoms with Crippen LogP contribution in [0.5, 0.6) is 5.75 Å². The van der Waals surface area contributed by atoms with Gasteiger partial charge in [-0.05, 0) is 85.8 Å². The summed E-state index contributed by atoms with van der Waals surface area (Å²) in [5, 5.41) is 7.51. The number of ether oxygens (including phenoxy) is 1. The molecule has 4 heteroatoms. The fraction of sp³-hybridized carbons (Fsp3) is 0.350. The maximum absolute atomic E-state index is 5.55. The minimum atomic E-state index is 0.254. The number of aryl methyl sites for hydroxylation is 3. The lowest BCUT2D eigenvalue weighted by Gasteiger charge is -2.28. The molecule has 0 radical (unpaired) electrons. The van der Waals surface area contributed by atoms with Crippen LogP contribution in [-0.4, -0.2) is 12.2 Å². The fourth-order valence-corrected chi connectivity index (χ4v) is 3.51. The Labute approximate surface area is 149 Å². The summed E-state index contributed by atoms with van der Waals surface area (Å²) in [4.78, 5) is 0. The first kappa shape index (κ1) is 16.8. The lowest BCUT2D eigenvalue weighted by Crippen LogP contribution is -2.34. The van der Waals surface area contributed by atoms with Gasteiger partial charge in [0.25, 0.3) is 0 Å². The minimum absolute atomic E-state index is 0.254. The number of thiocarbonyl (C=S) groups is 1. The molecule has 2 aromatic rings. The van der Waals surface area contributed by atoms with Crippen molar-refractivity contribution in [2.24, 2.45) is 0 Å². The second-order valence-electron chi connectivity index (χ2n) is 6.43. The molecule has 3 rings (SSSR count). The summed E-state index contributed by atoms with van der Waals surface area (Å²) < 4.78 is 5.34. The highest BCUT2D eigenvalue weighted by Gasteiger charge is 2.21. The molecular formula is C20H24N2OS. The quantitative estimate of drug-likeness (QED) is 0.795. The summed E-state index contributed by atoms with van der Waals surface area (Å²) in [6, 6.07) is 12.9. The summed E-state index contributed by atoms with van der Waals surface area (Å²) in [5.41, 5.74) is 6.16. The Balaban J connectivity index is 1.73. The van der Waals surface area contributed by atoms with E-state index in [1.165, 1.54) is 22.3 Å². The molecule has 0 saturated heterocycles. The third kappa shape index (κ3) is 3.70. The Morgan fingerprint density at radius 1 is 1.17 bits per heavy atom. The molecule has 0 aliphatic heterocycles. The van der Waals surface area contributed by atoms with E-state index in [1.54, 1.807) is 7.11 Å². The monoisotopic (exact) mass is 340 g/mol. The predicted octanol–water partition coefficient (Wildman–Crippen LogP) is 4.68. The van der Waals surface area contributed by atoms with Crippen LogP contribution in [0.3, 0.4) is 0 Å². The van der Waals surface area contributed by atoms with Gasteiger partial charge in [0.15, 0.2) is 5.11 Å². The van der Waals surface area contributed by atoms with Gasteiger partial charge in [0, 0.05) is 5.69 Å². The SMILES string of the molecule is COc1ccc2c(c1)CCCC2NC(=S)Nc1cc(C)ccc1C. The van der Waals surface area contributed by atoms with Gasteiger partial charge in [-0.2, -0.15) is 0 Å². The lowest BCUT2D eigenvalue weighted by molar-refractivity contribution is 0.412. The number of fused-ring (bicyclic) bond motifs is 1. The molecule has 0 aromatic heterocycles. The lowest BCUT2D eigenvalue weighted by atomic mass is 9.87. The van der Waals surface area contributed by atoms with E-state index in [2.05, 4.69) is 54.8 Å². The van der Waals surface area contributed by atoms with Crippen LogP contribution < -0.4 is 15.4 Å². The van der Waals surface area contributed by atoms with E-state index in [9.17, 15) is 0 Å². The number of hydrogen-bond donors (Lipinski definition) is 2. The van der Waals surface area contributed by atoms with Crippen molar-refractivity contribution in [3.63, 3.8) is 0 Å². The van der Waals surface area contributed by atoms with Crippen LogP contribution in [-0.2, 0) is 6.42 Å². The number of benzene rings is 2. The number of nitrogens with one attached hydrogen (secondary N) is 2. The maximum Gasteiger partial charge on any atom is 0.171 e. The molecule has 24 heavy (non-hydrogen) atoms. The standard InChI is InChI=1S/C20H24N2OS/c1-13-7-8-14(2)19(11-13)22-20(24)21-18-6-4-5-15-12-16(23-3)9-10-17(15)18/h7-12,18H,4-6H2,1-3H3,(H2,21,22,24). The number of hydrogen-bond acceptors (Lipinski definition) is 2. The Bertz CT molecular complexity index is 757. The highest BCUT2D eigenvalue weighted by Crippen LogP contribution is 2.32. The Morgan fingerprint density at radius 3 is 2.79 bits per heavy atom. The van der Waals surface area contributed by atoms with E-state index in [1.807, 2.05) is 6.07 Å². The molecule has 1 aliphatic rings. The van der Waals surface area contributed by atoms with Crippen LogP contribution >= 0.6 is 12.2 Å². The van der Waals surface area contributed by atoms with Gasteiger partial charge in [-0.1, -0.05) is 18.2 Å². The van der Waals surface area contributed by atoms with Crippen LogP contribution in [0.1, 0.15) is 41.1 Å². The summed E-state index contributed by atoms with van der Waals surface area (Å²) >= 11 is 5.55. The number of methoxy groups -OCH3 is 1. The van der Waals surface area contributed by atoms with Crippen LogP contribution in [0.4, 0.5) is 5.69 Å². The molecule has 0 fully saturated rings. The molecule has 0 bridgehead atoms. The van der Waals surface area contributed by atoms with Gasteiger partial charge in [0.05, 0.1) is 13.2 Å². The van der Waals surface area contributed by atoms with Crippen molar-refractivity contribution in [2.75, 3.05) is 12.4 Å². The van der Waals surface area contributed by atoms with Crippen LogP contribution in [0, 0.1) is 13.8 Å². The normalized spacial score (nSPS) is 16.2. The molecule has 0 heterocycles. The molecule has 2 aromatic carbocycles. The molecule has 0 amide bonds. The molecule has 1 unspecified atom stereocenters.